The van der Waals surface area contributed by atoms with Crippen LogP contribution in [0.1, 0.15) is 40.0 Å². The Hall–Kier alpha value is -1.03. The molecule has 0 spiro atoms. The molecule has 0 heterocycles. The number of hydrogen-bond donors (Lipinski definition) is 1. The minimum atomic E-state index is -1.04. The molecular formula is C16H25NO2S. The van der Waals surface area contributed by atoms with Crippen LogP contribution in [0, 0.1) is 11.8 Å². The van der Waals surface area contributed by atoms with E-state index in [0.29, 0.717) is 24.1 Å². The van der Waals surface area contributed by atoms with E-state index in [9.17, 15) is 4.21 Å². The SMILES string of the molecule is CCOc1ccc(N)c(S(=O)C2CC(C)CC(C)C2)c1. The molecule has 3 nitrogen and oxygen atoms in total. The van der Waals surface area contributed by atoms with E-state index in [1.54, 1.807) is 6.07 Å². The summed E-state index contributed by atoms with van der Waals surface area (Å²) in [4.78, 5) is 0.738. The summed E-state index contributed by atoms with van der Waals surface area (Å²) >= 11 is 0. The molecule has 4 heteroatoms. The number of anilines is 1. The Morgan fingerprint density at radius 2 is 1.90 bits per heavy atom. The first kappa shape index (κ1) is 15.4. The summed E-state index contributed by atoms with van der Waals surface area (Å²) in [6.07, 6.45) is 3.28. The van der Waals surface area contributed by atoms with Crippen molar-refractivity contribution in [1.82, 2.24) is 0 Å². The topological polar surface area (TPSA) is 52.3 Å². The predicted molar refractivity (Wildman–Crippen MR) is 84.4 cm³/mol. The van der Waals surface area contributed by atoms with Gasteiger partial charge in [0.15, 0.2) is 0 Å². The second-order valence-corrected chi connectivity index (χ2v) is 7.67. The Balaban J connectivity index is 2.21. The minimum absolute atomic E-state index is 0.216. The first-order chi connectivity index (χ1) is 9.51. The van der Waals surface area contributed by atoms with Crippen molar-refractivity contribution in [3.8, 4) is 5.75 Å². The zero-order valence-electron chi connectivity index (χ0n) is 12.6. The molecule has 0 bridgehead atoms. The van der Waals surface area contributed by atoms with E-state index in [0.717, 1.165) is 23.5 Å². The number of hydrogen-bond acceptors (Lipinski definition) is 3. The van der Waals surface area contributed by atoms with E-state index in [1.807, 2.05) is 19.1 Å². The Bertz CT molecular complexity index is 479. The zero-order chi connectivity index (χ0) is 14.7. The molecule has 1 aliphatic rings. The van der Waals surface area contributed by atoms with Gasteiger partial charge in [-0.25, -0.2) is 0 Å². The molecule has 0 aromatic heterocycles. The van der Waals surface area contributed by atoms with Gasteiger partial charge in [-0.05, 0) is 56.2 Å². The standard InChI is InChI=1S/C16H25NO2S/c1-4-19-13-5-6-15(17)16(10-13)20(18)14-8-11(2)7-12(3)9-14/h5-6,10-12,14H,4,7-9,17H2,1-3H3. The molecule has 2 N–H and O–H groups in total. The van der Waals surface area contributed by atoms with E-state index in [1.165, 1.54) is 6.42 Å². The highest BCUT2D eigenvalue weighted by Gasteiger charge is 2.29. The molecular weight excluding hydrogens is 270 g/mol. The molecule has 0 amide bonds. The molecule has 1 saturated carbocycles. The molecule has 0 saturated heterocycles. The lowest BCUT2D eigenvalue weighted by atomic mass is 9.83. The third-order valence-corrected chi connectivity index (χ3v) is 5.73. The van der Waals surface area contributed by atoms with Gasteiger partial charge in [0.25, 0.3) is 0 Å². The average molecular weight is 295 g/mol. The molecule has 1 aromatic rings. The first-order valence-corrected chi connectivity index (χ1v) is 8.65. The Kier molecular flexibility index (Phi) is 5.08. The van der Waals surface area contributed by atoms with Gasteiger partial charge in [0, 0.05) is 10.9 Å². The van der Waals surface area contributed by atoms with Crippen LogP contribution in [0.15, 0.2) is 23.1 Å². The normalized spacial score (nSPS) is 28.1. The van der Waals surface area contributed by atoms with Crippen LogP contribution in [-0.4, -0.2) is 16.1 Å². The molecule has 3 atom stereocenters. The van der Waals surface area contributed by atoms with Crippen molar-refractivity contribution in [3.63, 3.8) is 0 Å². The summed E-state index contributed by atoms with van der Waals surface area (Å²) in [5, 5.41) is 0.216. The maximum Gasteiger partial charge on any atom is 0.120 e. The summed E-state index contributed by atoms with van der Waals surface area (Å²) < 4.78 is 18.3. The van der Waals surface area contributed by atoms with Gasteiger partial charge in [0.2, 0.25) is 0 Å². The fraction of sp³-hybridized carbons (Fsp3) is 0.625. The third kappa shape index (κ3) is 3.54. The molecule has 20 heavy (non-hydrogen) atoms. The smallest absolute Gasteiger partial charge is 0.120 e. The van der Waals surface area contributed by atoms with Crippen molar-refractivity contribution in [2.45, 2.75) is 50.2 Å². The van der Waals surface area contributed by atoms with Gasteiger partial charge in [-0.3, -0.25) is 4.21 Å². The second kappa shape index (κ2) is 6.61. The largest absolute Gasteiger partial charge is 0.494 e. The van der Waals surface area contributed by atoms with Crippen LogP contribution in [0.25, 0.3) is 0 Å². The Morgan fingerprint density at radius 1 is 1.25 bits per heavy atom. The maximum absolute atomic E-state index is 12.8. The lowest BCUT2D eigenvalue weighted by Crippen LogP contribution is -2.28. The van der Waals surface area contributed by atoms with E-state index in [-0.39, 0.29) is 5.25 Å². The highest BCUT2D eigenvalue weighted by molar-refractivity contribution is 7.85. The fourth-order valence-electron chi connectivity index (χ4n) is 3.17. The van der Waals surface area contributed by atoms with Crippen molar-refractivity contribution in [1.29, 1.82) is 0 Å². The van der Waals surface area contributed by atoms with Gasteiger partial charge in [0.05, 0.1) is 22.3 Å². The van der Waals surface area contributed by atoms with Gasteiger partial charge in [-0.1, -0.05) is 13.8 Å². The number of benzene rings is 1. The van der Waals surface area contributed by atoms with E-state index < -0.39 is 10.8 Å². The Labute approximate surface area is 124 Å². The van der Waals surface area contributed by atoms with Crippen molar-refractivity contribution >= 4 is 16.5 Å². The predicted octanol–water partition coefficient (Wildman–Crippen LogP) is 3.60. The quantitative estimate of drug-likeness (QED) is 0.863. The summed E-state index contributed by atoms with van der Waals surface area (Å²) in [5.74, 6) is 2.04. The van der Waals surface area contributed by atoms with Crippen molar-refractivity contribution in [2.24, 2.45) is 11.8 Å². The van der Waals surface area contributed by atoms with E-state index in [4.69, 9.17) is 10.5 Å². The molecule has 1 fully saturated rings. The van der Waals surface area contributed by atoms with E-state index >= 15 is 0 Å². The van der Waals surface area contributed by atoms with Crippen LogP contribution in [-0.2, 0) is 10.8 Å². The van der Waals surface area contributed by atoms with Crippen molar-refractivity contribution in [2.75, 3.05) is 12.3 Å². The van der Waals surface area contributed by atoms with Crippen LogP contribution in [0.2, 0.25) is 0 Å². The lowest BCUT2D eigenvalue weighted by Gasteiger charge is -2.31. The van der Waals surface area contributed by atoms with Gasteiger partial charge in [-0.2, -0.15) is 0 Å². The molecule has 2 rings (SSSR count). The molecule has 0 radical (unpaired) electrons. The summed E-state index contributed by atoms with van der Waals surface area (Å²) in [6, 6.07) is 5.48. The molecule has 1 aliphatic carbocycles. The van der Waals surface area contributed by atoms with Gasteiger partial charge in [-0.15, -0.1) is 0 Å². The minimum Gasteiger partial charge on any atom is -0.494 e. The fourth-order valence-corrected chi connectivity index (χ4v) is 5.07. The molecule has 3 unspecified atom stereocenters. The zero-order valence-corrected chi connectivity index (χ0v) is 13.4. The third-order valence-electron chi connectivity index (χ3n) is 3.95. The highest BCUT2D eigenvalue weighted by Crippen LogP contribution is 2.35. The van der Waals surface area contributed by atoms with Crippen LogP contribution >= 0.6 is 0 Å². The van der Waals surface area contributed by atoms with Crippen LogP contribution < -0.4 is 10.5 Å². The maximum atomic E-state index is 12.8. The molecule has 1 aromatic carbocycles. The van der Waals surface area contributed by atoms with Gasteiger partial charge < -0.3 is 10.5 Å². The number of nitrogens with two attached hydrogens (primary N) is 1. The average Bonchev–Trinajstić information content (AvgIpc) is 2.39. The van der Waals surface area contributed by atoms with Crippen LogP contribution in [0.5, 0.6) is 5.75 Å². The lowest BCUT2D eigenvalue weighted by molar-refractivity contribution is 0.305. The first-order valence-electron chi connectivity index (χ1n) is 7.44. The highest BCUT2D eigenvalue weighted by atomic mass is 32.2. The summed E-state index contributed by atoms with van der Waals surface area (Å²) in [6.45, 7) is 7.05. The van der Waals surface area contributed by atoms with Gasteiger partial charge in [0.1, 0.15) is 5.75 Å². The van der Waals surface area contributed by atoms with E-state index in [2.05, 4.69) is 13.8 Å². The summed E-state index contributed by atoms with van der Waals surface area (Å²) in [5.41, 5.74) is 6.62. The van der Waals surface area contributed by atoms with Crippen molar-refractivity contribution < 1.29 is 8.95 Å². The monoisotopic (exact) mass is 295 g/mol. The molecule has 0 aliphatic heterocycles. The van der Waals surface area contributed by atoms with Crippen LogP contribution in [0.3, 0.4) is 0 Å². The second-order valence-electron chi connectivity index (χ2n) is 5.97. The van der Waals surface area contributed by atoms with Gasteiger partial charge >= 0.3 is 0 Å². The molecule has 112 valence electrons. The number of ether oxygens (including phenoxy) is 1. The summed E-state index contributed by atoms with van der Waals surface area (Å²) in [7, 11) is -1.04. The number of rotatable bonds is 4. The van der Waals surface area contributed by atoms with Crippen molar-refractivity contribution in [3.05, 3.63) is 18.2 Å². The number of nitrogen functional groups attached to an aromatic ring is 1. The Morgan fingerprint density at radius 3 is 2.50 bits per heavy atom. The van der Waals surface area contributed by atoms with Crippen LogP contribution in [0.4, 0.5) is 5.69 Å².